The minimum Gasteiger partial charge on any atom is -0.388 e. The molecule has 1 fully saturated rings. The van der Waals surface area contributed by atoms with Crippen LogP contribution in [0.3, 0.4) is 0 Å². The van der Waals surface area contributed by atoms with Crippen molar-refractivity contribution in [2.45, 2.75) is 12.2 Å². The predicted molar refractivity (Wildman–Crippen MR) is 72.9 cm³/mol. The number of rotatable bonds is 1. The highest BCUT2D eigenvalue weighted by molar-refractivity contribution is 6.06. The lowest BCUT2D eigenvalue weighted by atomic mass is 10.0. The molecule has 1 amide bonds. The molecule has 0 radical (unpaired) electrons. The van der Waals surface area contributed by atoms with Gasteiger partial charge in [0.15, 0.2) is 0 Å². The lowest BCUT2D eigenvalue weighted by Gasteiger charge is -2.32. The number of carbonyl (C=O) groups is 1. The first-order valence-corrected chi connectivity index (χ1v) is 6.56. The standard InChI is InChI=1S/C15H14FNO4/c16-12-6-5-11(9-3-1-2-4-10(9)12)15(20)17-7-13(18)14(19)8-21-17/h1-6,13-14,18-19H,7-8H2/t13-,14+/m0/s1. The minimum atomic E-state index is -1.06. The van der Waals surface area contributed by atoms with Gasteiger partial charge >= 0.3 is 0 Å². The summed E-state index contributed by atoms with van der Waals surface area (Å²) in [5, 5.41) is 20.8. The van der Waals surface area contributed by atoms with Gasteiger partial charge in [0.1, 0.15) is 24.6 Å². The zero-order valence-electron chi connectivity index (χ0n) is 11.1. The number of hydrogen-bond acceptors (Lipinski definition) is 4. The first-order valence-electron chi connectivity index (χ1n) is 6.56. The average molecular weight is 291 g/mol. The van der Waals surface area contributed by atoms with Crippen molar-refractivity contribution in [1.82, 2.24) is 5.06 Å². The molecular formula is C15H14FNO4. The van der Waals surface area contributed by atoms with Gasteiger partial charge in [-0.15, -0.1) is 0 Å². The highest BCUT2D eigenvalue weighted by Crippen LogP contribution is 2.24. The van der Waals surface area contributed by atoms with Crippen LogP contribution in [-0.2, 0) is 4.84 Å². The number of nitrogens with zero attached hydrogens (tertiary/aromatic N) is 1. The van der Waals surface area contributed by atoms with Gasteiger partial charge in [-0.1, -0.05) is 24.3 Å². The Morgan fingerprint density at radius 2 is 1.86 bits per heavy atom. The third-order valence-electron chi connectivity index (χ3n) is 3.53. The van der Waals surface area contributed by atoms with Gasteiger partial charge in [0.2, 0.25) is 0 Å². The van der Waals surface area contributed by atoms with E-state index >= 15 is 0 Å². The topological polar surface area (TPSA) is 70.0 Å². The van der Waals surface area contributed by atoms with Crippen LogP contribution in [0, 0.1) is 5.82 Å². The van der Waals surface area contributed by atoms with E-state index in [0.29, 0.717) is 10.8 Å². The van der Waals surface area contributed by atoms with Gasteiger partial charge < -0.3 is 10.2 Å². The first kappa shape index (κ1) is 13.9. The molecule has 21 heavy (non-hydrogen) atoms. The van der Waals surface area contributed by atoms with E-state index in [-0.39, 0.29) is 18.7 Å². The van der Waals surface area contributed by atoms with Crippen LogP contribution in [0.5, 0.6) is 0 Å². The van der Waals surface area contributed by atoms with Gasteiger partial charge in [0, 0.05) is 10.9 Å². The van der Waals surface area contributed by atoms with Crippen molar-refractivity contribution in [3.63, 3.8) is 0 Å². The van der Waals surface area contributed by atoms with Crippen LogP contribution in [0.15, 0.2) is 36.4 Å². The number of aliphatic hydroxyl groups is 2. The van der Waals surface area contributed by atoms with Crippen molar-refractivity contribution in [3.8, 4) is 0 Å². The Morgan fingerprint density at radius 3 is 2.57 bits per heavy atom. The van der Waals surface area contributed by atoms with Crippen molar-refractivity contribution < 1.29 is 24.2 Å². The highest BCUT2D eigenvalue weighted by atomic mass is 19.1. The Balaban J connectivity index is 1.97. The normalized spacial score (nSPS) is 22.5. The third-order valence-corrected chi connectivity index (χ3v) is 3.53. The molecule has 1 aliphatic heterocycles. The summed E-state index contributed by atoms with van der Waals surface area (Å²) in [5.41, 5.74) is 0.288. The van der Waals surface area contributed by atoms with Crippen LogP contribution in [0.25, 0.3) is 10.8 Å². The van der Waals surface area contributed by atoms with E-state index in [1.165, 1.54) is 12.1 Å². The molecule has 2 atom stereocenters. The molecule has 0 aromatic heterocycles. The van der Waals surface area contributed by atoms with Gasteiger partial charge in [0.25, 0.3) is 5.91 Å². The molecule has 0 spiro atoms. The van der Waals surface area contributed by atoms with Gasteiger partial charge in [0.05, 0.1) is 6.54 Å². The van der Waals surface area contributed by atoms with Crippen molar-refractivity contribution in [3.05, 3.63) is 47.8 Å². The summed E-state index contributed by atoms with van der Waals surface area (Å²) >= 11 is 0. The molecule has 2 N–H and O–H groups in total. The van der Waals surface area contributed by atoms with Crippen LogP contribution in [0.1, 0.15) is 10.4 Å². The number of β-amino-alcohol motifs (C(OH)–C–C–N with tert-alkyl or cyclic N) is 1. The Morgan fingerprint density at radius 1 is 1.14 bits per heavy atom. The van der Waals surface area contributed by atoms with Crippen molar-refractivity contribution in [1.29, 1.82) is 0 Å². The number of hydroxylamine groups is 2. The Kier molecular flexibility index (Phi) is 3.59. The first-order chi connectivity index (χ1) is 10.1. The molecule has 3 rings (SSSR count). The second-order valence-corrected chi connectivity index (χ2v) is 4.94. The molecule has 1 aliphatic rings. The van der Waals surface area contributed by atoms with E-state index in [1.54, 1.807) is 24.3 Å². The average Bonchev–Trinajstić information content (AvgIpc) is 2.50. The fraction of sp³-hybridized carbons (Fsp3) is 0.267. The molecular weight excluding hydrogens is 277 g/mol. The Hall–Kier alpha value is -2.02. The summed E-state index contributed by atoms with van der Waals surface area (Å²) in [7, 11) is 0. The van der Waals surface area contributed by atoms with E-state index in [1.807, 2.05) is 0 Å². The molecule has 110 valence electrons. The number of carbonyl (C=O) groups excluding carboxylic acids is 1. The van der Waals surface area contributed by atoms with E-state index < -0.39 is 23.9 Å². The molecule has 6 heteroatoms. The quantitative estimate of drug-likeness (QED) is 0.825. The van der Waals surface area contributed by atoms with Crippen LogP contribution in [-0.4, -0.2) is 46.5 Å². The van der Waals surface area contributed by atoms with Crippen LogP contribution in [0.2, 0.25) is 0 Å². The molecule has 0 bridgehead atoms. The molecule has 0 unspecified atom stereocenters. The molecule has 0 saturated carbocycles. The Bertz CT molecular complexity index is 690. The lowest BCUT2D eigenvalue weighted by molar-refractivity contribution is -0.212. The Labute approximate surface area is 120 Å². The van der Waals surface area contributed by atoms with Crippen LogP contribution in [0.4, 0.5) is 4.39 Å². The van der Waals surface area contributed by atoms with Gasteiger partial charge in [-0.25, -0.2) is 9.45 Å². The maximum Gasteiger partial charge on any atom is 0.278 e. The fourth-order valence-electron chi connectivity index (χ4n) is 2.35. The van der Waals surface area contributed by atoms with E-state index in [9.17, 15) is 19.4 Å². The van der Waals surface area contributed by atoms with E-state index in [4.69, 9.17) is 4.84 Å². The SMILES string of the molecule is O=C(c1ccc(F)c2ccccc12)N1C[C@H](O)[C@H](O)CO1. The van der Waals surface area contributed by atoms with Gasteiger partial charge in [-0.2, -0.15) is 0 Å². The zero-order chi connectivity index (χ0) is 15.0. The van der Waals surface area contributed by atoms with E-state index in [0.717, 1.165) is 5.06 Å². The third kappa shape index (κ3) is 2.49. The second kappa shape index (κ2) is 5.40. The number of fused-ring (bicyclic) bond motifs is 1. The monoisotopic (exact) mass is 291 g/mol. The maximum absolute atomic E-state index is 13.8. The summed E-state index contributed by atoms with van der Waals surface area (Å²) in [6.07, 6.45) is -2.08. The maximum atomic E-state index is 13.8. The highest BCUT2D eigenvalue weighted by Gasteiger charge is 2.31. The summed E-state index contributed by atoms with van der Waals surface area (Å²) in [4.78, 5) is 17.6. The molecule has 2 aromatic carbocycles. The number of hydrogen-bond donors (Lipinski definition) is 2. The van der Waals surface area contributed by atoms with E-state index in [2.05, 4.69) is 0 Å². The molecule has 1 saturated heterocycles. The summed E-state index contributed by atoms with van der Waals surface area (Å²) in [6.45, 7) is -0.294. The largest absolute Gasteiger partial charge is 0.388 e. The van der Waals surface area contributed by atoms with Crippen molar-refractivity contribution >= 4 is 16.7 Å². The van der Waals surface area contributed by atoms with Crippen molar-refractivity contribution in [2.24, 2.45) is 0 Å². The summed E-state index contributed by atoms with van der Waals surface area (Å²) in [5.74, 6) is -0.880. The molecule has 0 aliphatic carbocycles. The minimum absolute atomic E-state index is 0.133. The van der Waals surface area contributed by atoms with Crippen molar-refractivity contribution in [2.75, 3.05) is 13.2 Å². The second-order valence-electron chi connectivity index (χ2n) is 4.94. The fourth-order valence-corrected chi connectivity index (χ4v) is 2.35. The number of amides is 1. The van der Waals surface area contributed by atoms with Gasteiger partial charge in [-0.3, -0.25) is 9.63 Å². The zero-order valence-corrected chi connectivity index (χ0v) is 11.1. The summed E-state index contributed by atoms with van der Waals surface area (Å²) in [6, 6.07) is 9.27. The number of halogens is 1. The van der Waals surface area contributed by atoms with Crippen LogP contribution >= 0.6 is 0 Å². The molecule has 5 nitrogen and oxygen atoms in total. The predicted octanol–water partition coefficient (Wildman–Crippen LogP) is 1.09. The van der Waals surface area contributed by atoms with Crippen LogP contribution < -0.4 is 0 Å². The van der Waals surface area contributed by atoms with Gasteiger partial charge in [-0.05, 0) is 17.5 Å². The lowest BCUT2D eigenvalue weighted by Crippen LogP contribution is -2.50. The number of benzene rings is 2. The molecule has 1 heterocycles. The smallest absolute Gasteiger partial charge is 0.278 e. The number of aliphatic hydroxyl groups excluding tert-OH is 2. The molecule has 2 aromatic rings. The summed E-state index contributed by atoms with van der Waals surface area (Å²) < 4.78 is 13.8.